The summed E-state index contributed by atoms with van der Waals surface area (Å²) in [5, 5.41) is 3.68. The fraction of sp³-hybridized carbons (Fsp3) is 0.136. The molecule has 0 radical (unpaired) electrons. The smallest absolute Gasteiger partial charge is 0.261 e. The van der Waals surface area contributed by atoms with Crippen molar-refractivity contribution < 1.29 is 13.2 Å². The zero-order valence-corrected chi connectivity index (χ0v) is 18.5. The lowest BCUT2D eigenvalue weighted by Crippen LogP contribution is -2.26. The molecular formula is C22H20Cl2N2O3S. The average molecular weight is 463 g/mol. The number of amides is 1. The number of hydrogen-bond acceptors (Lipinski definition) is 3. The zero-order chi connectivity index (χ0) is 21.7. The number of aryl methyl sites for hydroxylation is 1. The molecule has 0 spiro atoms. The Morgan fingerprint density at radius 3 is 2.27 bits per heavy atom. The van der Waals surface area contributed by atoms with E-state index in [1.807, 2.05) is 19.1 Å². The van der Waals surface area contributed by atoms with Gasteiger partial charge in [0.15, 0.2) is 0 Å². The van der Waals surface area contributed by atoms with Crippen LogP contribution in [0, 0.1) is 6.92 Å². The maximum Gasteiger partial charge on any atom is 0.261 e. The van der Waals surface area contributed by atoms with Crippen LogP contribution in [0.2, 0.25) is 10.0 Å². The largest absolute Gasteiger partial charge is 0.352 e. The minimum Gasteiger partial charge on any atom is -0.352 e. The summed E-state index contributed by atoms with van der Waals surface area (Å²) in [4.78, 5) is 12.7. The minimum absolute atomic E-state index is 0.136. The molecule has 3 aromatic carbocycles. The van der Waals surface area contributed by atoms with Gasteiger partial charge in [-0.25, -0.2) is 8.42 Å². The van der Waals surface area contributed by atoms with Gasteiger partial charge in [0.25, 0.3) is 15.9 Å². The van der Waals surface area contributed by atoms with E-state index in [1.54, 1.807) is 24.3 Å². The lowest BCUT2D eigenvalue weighted by atomic mass is 10.1. The molecule has 0 aromatic heterocycles. The van der Waals surface area contributed by atoms with Gasteiger partial charge >= 0.3 is 0 Å². The van der Waals surface area contributed by atoms with Crippen LogP contribution in [0.25, 0.3) is 0 Å². The Hall–Kier alpha value is -2.54. The summed E-state index contributed by atoms with van der Waals surface area (Å²) >= 11 is 12.0. The van der Waals surface area contributed by atoms with E-state index in [9.17, 15) is 13.2 Å². The molecule has 1 amide bonds. The number of sulfonamides is 1. The first-order chi connectivity index (χ1) is 14.2. The van der Waals surface area contributed by atoms with Gasteiger partial charge in [-0.05, 0) is 61.4 Å². The van der Waals surface area contributed by atoms with Crippen molar-refractivity contribution in [3.63, 3.8) is 0 Å². The van der Waals surface area contributed by atoms with Crippen LogP contribution in [0.15, 0.2) is 71.6 Å². The number of rotatable bonds is 7. The van der Waals surface area contributed by atoms with E-state index >= 15 is 0 Å². The van der Waals surface area contributed by atoms with Gasteiger partial charge in [-0.1, -0.05) is 53.0 Å². The Labute approximate surface area is 186 Å². The molecule has 0 fully saturated rings. The van der Waals surface area contributed by atoms with Gasteiger partial charge in [0.2, 0.25) is 0 Å². The Morgan fingerprint density at radius 2 is 1.60 bits per heavy atom. The number of halogens is 2. The molecule has 156 valence electrons. The number of hydrogen-bond donors (Lipinski definition) is 2. The van der Waals surface area contributed by atoms with Crippen LogP contribution in [0.1, 0.15) is 21.5 Å². The molecule has 0 saturated carbocycles. The second kappa shape index (κ2) is 9.51. The highest BCUT2D eigenvalue weighted by Crippen LogP contribution is 2.23. The summed E-state index contributed by atoms with van der Waals surface area (Å²) in [6.45, 7) is 2.27. The van der Waals surface area contributed by atoms with Crippen molar-refractivity contribution >= 4 is 44.8 Å². The fourth-order valence-electron chi connectivity index (χ4n) is 2.76. The van der Waals surface area contributed by atoms with Crippen molar-refractivity contribution in [2.75, 3.05) is 11.3 Å². The van der Waals surface area contributed by atoms with E-state index in [0.717, 1.165) is 11.1 Å². The maximum atomic E-state index is 12.6. The molecule has 0 unspecified atom stereocenters. The Bertz CT molecular complexity index is 1150. The molecule has 0 atom stereocenters. The highest BCUT2D eigenvalue weighted by atomic mass is 35.5. The maximum absolute atomic E-state index is 12.6. The standard InChI is InChI=1S/C22H20Cl2N2O3S/c1-15-2-9-19(10-3-15)30(28,29)26-18-8-11-21(24)20(14-18)22(27)25-13-12-16-4-6-17(23)7-5-16/h2-11,14,26H,12-13H2,1H3,(H,25,27). The number of benzene rings is 3. The third-order valence-corrected chi connectivity index (χ3v) is 6.39. The number of carbonyl (C=O) groups is 1. The highest BCUT2D eigenvalue weighted by molar-refractivity contribution is 7.92. The number of nitrogens with one attached hydrogen (secondary N) is 2. The highest BCUT2D eigenvalue weighted by Gasteiger charge is 2.16. The van der Waals surface area contributed by atoms with Crippen LogP contribution in [-0.4, -0.2) is 20.9 Å². The first-order valence-corrected chi connectivity index (χ1v) is 11.4. The van der Waals surface area contributed by atoms with Gasteiger partial charge in [0, 0.05) is 17.3 Å². The molecule has 0 bridgehead atoms. The molecule has 0 aliphatic rings. The molecule has 30 heavy (non-hydrogen) atoms. The van der Waals surface area contributed by atoms with Crippen LogP contribution in [-0.2, 0) is 16.4 Å². The van der Waals surface area contributed by atoms with E-state index in [4.69, 9.17) is 23.2 Å². The Kier molecular flexibility index (Phi) is 7.02. The monoisotopic (exact) mass is 462 g/mol. The van der Waals surface area contributed by atoms with E-state index in [2.05, 4.69) is 10.0 Å². The summed E-state index contributed by atoms with van der Waals surface area (Å²) < 4.78 is 27.6. The summed E-state index contributed by atoms with van der Waals surface area (Å²) in [5.41, 5.74) is 2.43. The molecule has 3 aromatic rings. The van der Waals surface area contributed by atoms with Gasteiger partial charge < -0.3 is 5.32 Å². The van der Waals surface area contributed by atoms with Gasteiger partial charge in [0.1, 0.15) is 0 Å². The summed E-state index contributed by atoms with van der Waals surface area (Å²) in [7, 11) is -3.78. The van der Waals surface area contributed by atoms with Gasteiger partial charge in [0.05, 0.1) is 15.5 Å². The molecule has 0 aliphatic heterocycles. The third-order valence-electron chi connectivity index (χ3n) is 4.41. The van der Waals surface area contributed by atoms with E-state index in [0.29, 0.717) is 18.0 Å². The predicted molar refractivity (Wildman–Crippen MR) is 121 cm³/mol. The molecule has 8 heteroatoms. The molecule has 0 heterocycles. The van der Waals surface area contributed by atoms with E-state index < -0.39 is 10.0 Å². The van der Waals surface area contributed by atoms with Gasteiger partial charge in [-0.3, -0.25) is 9.52 Å². The molecular weight excluding hydrogens is 443 g/mol. The Balaban J connectivity index is 1.68. The summed E-state index contributed by atoms with van der Waals surface area (Å²) in [6, 6.07) is 18.3. The first-order valence-electron chi connectivity index (χ1n) is 9.16. The summed E-state index contributed by atoms with van der Waals surface area (Å²) in [5.74, 6) is -0.384. The predicted octanol–water partition coefficient (Wildman–Crippen LogP) is 5.08. The number of carbonyl (C=O) groups excluding carboxylic acids is 1. The minimum atomic E-state index is -3.78. The van der Waals surface area contributed by atoms with Gasteiger partial charge in [-0.2, -0.15) is 0 Å². The lowest BCUT2D eigenvalue weighted by molar-refractivity contribution is 0.0954. The fourth-order valence-corrected chi connectivity index (χ4v) is 4.14. The molecule has 0 aliphatic carbocycles. The topological polar surface area (TPSA) is 75.3 Å². The average Bonchev–Trinajstić information content (AvgIpc) is 2.71. The van der Waals surface area contributed by atoms with Crippen molar-refractivity contribution in [2.24, 2.45) is 0 Å². The summed E-state index contributed by atoms with van der Waals surface area (Å²) in [6.07, 6.45) is 0.625. The zero-order valence-electron chi connectivity index (χ0n) is 16.2. The van der Waals surface area contributed by atoms with Crippen molar-refractivity contribution in [1.29, 1.82) is 0 Å². The third kappa shape index (κ3) is 5.75. The van der Waals surface area contributed by atoms with Gasteiger partial charge in [-0.15, -0.1) is 0 Å². The normalized spacial score (nSPS) is 11.2. The number of anilines is 1. The first kappa shape index (κ1) is 22.2. The second-order valence-corrected chi connectivity index (χ2v) is 9.27. The van der Waals surface area contributed by atoms with Crippen LogP contribution in [0.5, 0.6) is 0 Å². The van der Waals surface area contributed by atoms with Crippen molar-refractivity contribution in [2.45, 2.75) is 18.2 Å². The van der Waals surface area contributed by atoms with Crippen LogP contribution in [0.4, 0.5) is 5.69 Å². The molecule has 0 saturated heterocycles. The van der Waals surface area contributed by atoms with Crippen molar-refractivity contribution in [1.82, 2.24) is 5.32 Å². The molecule has 5 nitrogen and oxygen atoms in total. The quantitative estimate of drug-likeness (QED) is 0.514. The lowest BCUT2D eigenvalue weighted by Gasteiger charge is -2.11. The van der Waals surface area contributed by atoms with Crippen LogP contribution < -0.4 is 10.0 Å². The molecule has 2 N–H and O–H groups in total. The SMILES string of the molecule is Cc1ccc(S(=O)(=O)Nc2ccc(Cl)c(C(=O)NCCc3ccc(Cl)cc3)c2)cc1. The Morgan fingerprint density at radius 1 is 0.933 bits per heavy atom. The van der Waals surface area contributed by atoms with E-state index in [1.165, 1.54) is 30.3 Å². The van der Waals surface area contributed by atoms with Crippen molar-refractivity contribution in [3.05, 3.63) is 93.5 Å². The second-order valence-electron chi connectivity index (χ2n) is 6.75. The van der Waals surface area contributed by atoms with Crippen LogP contribution >= 0.6 is 23.2 Å². The van der Waals surface area contributed by atoms with Crippen LogP contribution in [0.3, 0.4) is 0 Å². The molecule has 3 rings (SSSR count). The van der Waals surface area contributed by atoms with Crippen molar-refractivity contribution in [3.8, 4) is 0 Å². The van der Waals surface area contributed by atoms with E-state index in [-0.39, 0.29) is 27.1 Å².